The third-order valence-corrected chi connectivity index (χ3v) is 5.94. The van der Waals surface area contributed by atoms with Gasteiger partial charge in [-0.2, -0.15) is 5.10 Å². The summed E-state index contributed by atoms with van der Waals surface area (Å²) in [5.41, 5.74) is 4.51. The zero-order valence-corrected chi connectivity index (χ0v) is 18.1. The number of esters is 1. The first-order chi connectivity index (χ1) is 14.5. The van der Waals surface area contributed by atoms with Crippen LogP contribution in [0.2, 0.25) is 10.0 Å². The molecule has 2 aromatic carbocycles. The predicted molar refractivity (Wildman–Crippen MR) is 120 cm³/mol. The first-order valence-electron chi connectivity index (χ1n) is 9.75. The van der Waals surface area contributed by atoms with Gasteiger partial charge in [0.05, 0.1) is 33.8 Å². The number of allylic oxidation sites excluding steroid dienone is 1. The fraction of sp³-hybridized carbons (Fsp3) is 0.217. The molecule has 0 aliphatic carbocycles. The normalized spacial score (nSPS) is 15.5. The summed E-state index contributed by atoms with van der Waals surface area (Å²) in [6, 6.07) is 15.3. The van der Waals surface area contributed by atoms with Gasteiger partial charge >= 0.3 is 5.97 Å². The standard InChI is InChI=1S/C23H21Cl2N3O2/c1-3-12-30-23(29)17-13(2)26-22-19(18(17)15-10-7-11-16(24)20(15)25)21(27-28-22)14-8-5-4-6-9-14/h4-11,18H,3,12H2,1-2H3,(H2,26,27,28). The molecule has 2 N–H and O–H groups in total. The molecule has 0 radical (unpaired) electrons. The van der Waals surface area contributed by atoms with Gasteiger partial charge in [0, 0.05) is 11.3 Å². The van der Waals surface area contributed by atoms with Crippen LogP contribution in [0.1, 0.15) is 37.3 Å². The molecule has 1 aliphatic rings. The van der Waals surface area contributed by atoms with Crippen molar-refractivity contribution in [2.45, 2.75) is 26.2 Å². The molecule has 3 aromatic rings. The summed E-state index contributed by atoms with van der Waals surface area (Å²) in [6.07, 6.45) is 0.736. The van der Waals surface area contributed by atoms with Gasteiger partial charge in [-0.25, -0.2) is 4.79 Å². The van der Waals surface area contributed by atoms with Crippen molar-refractivity contribution in [2.24, 2.45) is 0 Å². The number of halogens is 2. The van der Waals surface area contributed by atoms with Gasteiger partial charge in [0.2, 0.25) is 0 Å². The average Bonchev–Trinajstić information content (AvgIpc) is 3.17. The van der Waals surface area contributed by atoms with Crippen molar-refractivity contribution >= 4 is 35.0 Å². The maximum absolute atomic E-state index is 13.1. The highest BCUT2D eigenvalue weighted by Gasteiger charge is 2.38. The van der Waals surface area contributed by atoms with Crippen molar-refractivity contribution in [3.05, 3.63) is 81.0 Å². The largest absolute Gasteiger partial charge is 0.462 e. The van der Waals surface area contributed by atoms with Crippen LogP contribution < -0.4 is 5.32 Å². The van der Waals surface area contributed by atoms with Gasteiger partial charge in [0.1, 0.15) is 0 Å². The van der Waals surface area contributed by atoms with Gasteiger partial charge < -0.3 is 10.1 Å². The van der Waals surface area contributed by atoms with E-state index in [0.29, 0.717) is 33.7 Å². The second kappa shape index (κ2) is 8.54. The van der Waals surface area contributed by atoms with Gasteiger partial charge in [-0.3, -0.25) is 5.10 Å². The lowest BCUT2D eigenvalue weighted by Crippen LogP contribution is -2.25. The maximum Gasteiger partial charge on any atom is 0.336 e. The number of aromatic amines is 1. The van der Waals surface area contributed by atoms with E-state index in [9.17, 15) is 4.79 Å². The quantitative estimate of drug-likeness (QED) is 0.464. The number of ether oxygens (including phenoxy) is 1. The van der Waals surface area contributed by atoms with E-state index in [1.807, 2.05) is 56.3 Å². The van der Waals surface area contributed by atoms with E-state index >= 15 is 0 Å². The van der Waals surface area contributed by atoms with Crippen molar-refractivity contribution in [1.82, 2.24) is 10.2 Å². The van der Waals surface area contributed by atoms with Crippen LogP contribution in [-0.2, 0) is 9.53 Å². The van der Waals surface area contributed by atoms with Crippen LogP contribution in [-0.4, -0.2) is 22.8 Å². The van der Waals surface area contributed by atoms with Gasteiger partial charge in [0.25, 0.3) is 0 Å². The van der Waals surface area contributed by atoms with Crippen molar-refractivity contribution in [3.8, 4) is 11.3 Å². The number of carbonyl (C=O) groups is 1. The zero-order chi connectivity index (χ0) is 21.3. The van der Waals surface area contributed by atoms with Crippen molar-refractivity contribution < 1.29 is 9.53 Å². The summed E-state index contributed by atoms with van der Waals surface area (Å²) in [5, 5.41) is 11.7. The summed E-state index contributed by atoms with van der Waals surface area (Å²) in [5.74, 6) is -0.209. The number of aromatic nitrogens is 2. The fourth-order valence-electron chi connectivity index (χ4n) is 3.76. The molecule has 30 heavy (non-hydrogen) atoms. The van der Waals surface area contributed by atoms with E-state index < -0.39 is 5.92 Å². The smallest absolute Gasteiger partial charge is 0.336 e. The van der Waals surface area contributed by atoms with E-state index in [1.165, 1.54) is 0 Å². The summed E-state index contributed by atoms with van der Waals surface area (Å²) in [4.78, 5) is 13.1. The van der Waals surface area contributed by atoms with E-state index in [0.717, 1.165) is 28.8 Å². The Bertz CT molecular complexity index is 1120. The molecule has 0 bridgehead atoms. The summed E-state index contributed by atoms with van der Waals surface area (Å²) >= 11 is 13.0. The number of H-pyrrole nitrogens is 1. The number of fused-ring (bicyclic) bond motifs is 1. The molecule has 7 heteroatoms. The van der Waals surface area contributed by atoms with Crippen LogP contribution in [0.4, 0.5) is 5.82 Å². The molecule has 1 aliphatic heterocycles. The van der Waals surface area contributed by atoms with Crippen LogP contribution in [0.15, 0.2) is 59.8 Å². The Labute approximate surface area is 185 Å². The van der Waals surface area contributed by atoms with Crippen molar-refractivity contribution in [2.75, 3.05) is 11.9 Å². The van der Waals surface area contributed by atoms with Crippen LogP contribution in [0.3, 0.4) is 0 Å². The number of benzene rings is 2. The molecule has 1 atom stereocenters. The molecule has 1 aromatic heterocycles. The summed E-state index contributed by atoms with van der Waals surface area (Å²) < 4.78 is 5.52. The number of rotatable bonds is 5. The van der Waals surface area contributed by atoms with Gasteiger partial charge in [-0.1, -0.05) is 72.6 Å². The Hall–Kier alpha value is -2.76. The summed E-state index contributed by atoms with van der Waals surface area (Å²) in [7, 11) is 0. The Morgan fingerprint density at radius 1 is 1.13 bits per heavy atom. The number of carbonyl (C=O) groups excluding carboxylic acids is 1. The summed E-state index contributed by atoms with van der Waals surface area (Å²) in [6.45, 7) is 4.14. The Morgan fingerprint density at radius 3 is 2.63 bits per heavy atom. The first-order valence-corrected chi connectivity index (χ1v) is 10.5. The third kappa shape index (κ3) is 3.59. The minimum absolute atomic E-state index is 0.343. The zero-order valence-electron chi connectivity index (χ0n) is 16.6. The SMILES string of the molecule is CCCOC(=O)C1=C(C)Nc2n[nH]c(-c3ccccc3)c2C1c1cccc(Cl)c1Cl. The number of nitrogens with one attached hydrogen (secondary N) is 2. The molecule has 0 fully saturated rings. The molecular weight excluding hydrogens is 421 g/mol. The first kappa shape index (κ1) is 20.5. The molecule has 0 spiro atoms. The van der Waals surface area contributed by atoms with Crippen LogP contribution >= 0.6 is 23.2 Å². The van der Waals surface area contributed by atoms with E-state index in [4.69, 9.17) is 27.9 Å². The fourth-order valence-corrected chi connectivity index (χ4v) is 4.17. The lowest BCUT2D eigenvalue weighted by atomic mass is 9.80. The van der Waals surface area contributed by atoms with Crippen molar-refractivity contribution in [1.29, 1.82) is 0 Å². The second-order valence-corrected chi connectivity index (χ2v) is 7.89. The average molecular weight is 442 g/mol. The van der Waals surface area contributed by atoms with Gasteiger partial charge in [-0.05, 0) is 30.5 Å². The molecule has 154 valence electrons. The topological polar surface area (TPSA) is 67.0 Å². The van der Waals surface area contributed by atoms with Gasteiger partial charge in [-0.15, -0.1) is 0 Å². The number of nitrogens with zero attached hydrogens (tertiary/aromatic N) is 1. The number of anilines is 1. The molecule has 0 saturated carbocycles. The molecule has 2 heterocycles. The lowest BCUT2D eigenvalue weighted by molar-refractivity contribution is -0.139. The highest BCUT2D eigenvalue weighted by molar-refractivity contribution is 6.42. The highest BCUT2D eigenvalue weighted by atomic mass is 35.5. The Kier molecular flexibility index (Phi) is 5.84. The molecular formula is C23H21Cl2N3O2. The lowest BCUT2D eigenvalue weighted by Gasteiger charge is -2.29. The molecule has 5 nitrogen and oxygen atoms in total. The number of hydrogen-bond donors (Lipinski definition) is 2. The van der Waals surface area contributed by atoms with Crippen molar-refractivity contribution in [3.63, 3.8) is 0 Å². The minimum Gasteiger partial charge on any atom is -0.462 e. The van der Waals surface area contributed by atoms with Crippen LogP contribution in [0.25, 0.3) is 11.3 Å². The molecule has 1 unspecified atom stereocenters. The molecule has 0 saturated heterocycles. The second-order valence-electron chi connectivity index (χ2n) is 7.10. The highest BCUT2D eigenvalue weighted by Crippen LogP contribution is 2.48. The maximum atomic E-state index is 13.1. The van der Waals surface area contributed by atoms with Crippen LogP contribution in [0, 0.1) is 0 Å². The van der Waals surface area contributed by atoms with Gasteiger partial charge in [0.15, 0.2) is 5.82 Å². The van der Waals surface area contributed by atoms with E-state index in [1.54, 1.807) is 6.07 Å². The predicted octanol–water partition coefficient (Wildman–Crippen LogP) is 6.17. The van der Waals surface area contributed by atoms with E-state index in [2.05, 4.69) is 15.5 Å². The third-order valence-electron chi connectivity index (χ3n) is 5.10. The number of hydrogen-bond acceptors (Lipinski definition) is 4. The Balaban J connectivity index is 1.95. The molecule has 4 rings (SSSR count). The molecule has 0 amide bonds. The monoisotopic (exact) mass is 441 g/mol. The Morgan fingerprint density at radius 2 is 1.90 bits per heavy atom. The van der Waals surface area contributed by atoms with Crippen LogP contribution in [0.5, 0.6) is 0 Å². The minimum atomic E-state index is -0.481. The van der Waals surface area contributed by atoms with E-state index in [-0.39, 0.29) is 5.97 Å².